The summed E-state index contributed by atoms with van der Waals surface area (Å²) in [6, 6.07) is 0. The van der Waals surface area contributed by atoms with Gasteiger partial charge in [-0.1, -0.05) is 263 Å². The smallest absolute Gasteiger partial charge is 0.185 e. The highest BCUT2D eigenvalue weighted by Gasteiger charge is 2.58. The molecule has 12 fully saturated rings. The van der Waals surface area contributed by atoms with E-state index in [4.69, 9.17) is 114 Å². The Morgan fingerprint density at radius 2 is 0.293 bits per heavy atom. The first-order valence-corrected chi connectivity index (χ1v) is 56.9. The third kappa shape index (κ3) is 27.6. The van der Waals surface area contributed by atoms with Crippen LogP contribution in [0.2, 0.25) is 0 Å². The Hall–Kier alpha value is -1.04. The van der Waals surface area contributed by atoms with E-state index in [9.17, 15) is 10.2 Å². The van der Waals surface area contributed by atoms with Gasteiger partial charge in [0, 0.05) is 63.9 Å². The van der Waals surface area contributed by atoms with E-state index in [0.717, 1.165) is 77.0 Å². The van der Waals surface area contributed by atoms with Crippen LogP contribution in [0.4, 0.5) is 0 Å². The molecule has 12 heterocycles. The summed E-state index contributed by atoms with van der Waals surface area (Å²) in [5.74, 6) is 7.34. The number of hydrogen-bond donors (Lipinski definition) is 2. The van der Waals surface area contributed by atoms with Crippen molar-refractivity contribution in [2.24, 2.45) is 154 Å². The zero-order valence-electron chi connectivity index (χ0n) is 95.8. The number of methoxy groups -OCH3 is 4. The SMILES string of the molecule is CCC1O[C@@H](OC2[C@@H](OC3[C@@H](OC)OC(CC)[C@@H](C)[C@@H]3C)OC(CC)[C@@H](C)[C@@H]2C)C(C)[C@@H](C)[C@@H]1C.CCC1O[C@H](OC2[C@@H](OC)OC(CC)[C@@H](C)[C@@H]2C)C(O[C@H]2OC(CC)[C@@H](C)[C@H](O)C2C)[C@@H](C)[C@@H]1C.CCC1O[C@H](OC2[C@@H](OC3[C@@H](OC)OC(CC)[C@@H](C)[C@@H]3C)OC(CC)[C@@H](C)[C@@H]2C)C(O)[C@@H](C)[C@@H]1C.CCC1O[C@H](O[C@@H]2C(C)[C@H](OC3[C@@H](OC)OC(CC)[C@@H](C)[C@@H]3C)OC(CC)[C@H]2C)C(C)[C@@H](C)[C@@H]1C. The van der Waals surface area contributed by atoms with Crippen molar-refractivity contribution in [2.45, 2.75) is 550 Å². The second kappa shape index (κ2) is 56.0. The van der Waals surface area contributed by atoms with Gasteiger partial charge in [0.2, 0.25) is 0 Å². The topological polar surface area (TPSA) is 262 Å². The van der Waals surface area contributed by atoms with Crippen molar-refractivity contribution in [3.63, 3.8) is 0 Å². The monoisotopic (exact) mass is 2000 g/mol. The van der Waals surface area contributed by atoms with Crippen LogP contribution in [0, 0.1) is 154 Å². The van der Waals surface area contributed by atoms with Crippen LogP contribution in [0.25, 0.3) is 0 Å². The minimum Gasteiger partial charge on any atom is -0.392 e. The molecule has 0 amide bonds. The van der Waals surface area contributed by atoms with Crippen LogP contribution in [-0.2, 0) is 114 Å². The van der Waals surface area contributed by atoms with Crippen LogP contribution in [0.5, 0.6) is 0 Å². The van der Waals surface area contributed by atoms with Gasteiger partial charge in [0.1, 0.15) is 48.8 Å². The highest BCUT2D eigenvalue weighted by atomic mass is 16.8. The summed E-state index contributed by atoms with van der Waals surface area (Å²) in [7, 11) is 6.76. The third-order valence-electron chi connectivity index (χ3n) is 38.9. The van der Waals surface area contributed by atoms with E-state index in [2.05, 4.69) is 256 Å². The van der Waals surface area contributed by atoms with Gasteiger partial charge in [0.25, 0.3) is 0 Å². The van der Waals surface area contributed by atoms with E-state index in [-0.39, 0.29) is 218 Å². The summed E-state index contributed by atoms with van der Waals surface area (Å²) in [4.78, 5) is 0. The normalized spacial score (nSPS) is 51.3. The fourth-order valence-electron chi connectivity index (χ4n) is 25.8. The molecular formula is C114H212O26. The molecule has 26 heteroatoms. The quantitative estimate of drug-likeness (QED) is 0.0634. The molecule has 24 unspecified atom stereocenters. The zero-order valence-corrected chi connectivity index (χ0v) is 95.8. The van der Waals surface area contributed by atoms with E-state index >= 15 is 0 Å². The lowest BCUT2D eigenvalue weighted by molar-refractivity contribution is -0.372. The summed E-state index contributed by atoms with van der Waals surface area (Å²) in [6.45, 7) is 83.7. The molecule has 0 aromatic carbocycles. The molecule has 12 aliphatic heterocycles. The minimum atomic E-state index is -0.708. The molecule has 824 valence electrons. The Morgan fingerprint density at radius 1 is 0.136 bits per heavy atom. The van der Waals surface area contributed by atoms with Crippen molar-refractivity contribution >= 4 is 0 Å². The van der Waals surface area contributed by atoms with Gasteiger partial charge in [-0.3, -0.25) is 0 Å². The average Bonchev–Trinajstić information content (AvgIpc) is 0.781. The molecule has 0 aromatic rings. The lowest BCUT2D eigenvalue weighted by atomic mass is 9.78. The van der Waals surface area contributed by atoms with Crippen molar-refractivity contribution in [3.8, 4) is 0 Å². The van der Waals surface area contributed by atoms with Gasteiger partial charge >= 0.3 is 0 Å². The maximum Gasteiger partial charge on any atom is 0.185 e. The van der Waals surface area contributed by atoms with Gasteiger partial charge in [0.05, 0.1) is 85.5 Å². The molecule has 12 saturated heterocycles. The van der Waals surface area contributed by atoms with Crippen LogP contribution in [0.15, 0.2) is 0 Å². The van der Waals surface area contributed by atoms with E-state index in [1.165, 1.54) is 0 Å². The molecule has 0 aliphatic carbocycles. The molecule has 0 bridgehead atoms. The van der Waals surface area contributed by atoms with Crippen molar-refractivity contribution in [1.82, 2.24) is 0 Å². The van der Waals surface area contributed by atoms with Gasteiger partial charge in [-0.25, -0.2) is 0 Å². The fourth-order valence-corrected chi connectivity index (χ4v) is 25.8. The molecule has 26 nitrogen and oxygen atoms in total. The maximum atomic E-state index is 11.1. The number of aliphatic hydroxyl groups is 2. The Morgan fingerprint density at radius 3 is 0.529 bits per heavy atom. The maximum absolute atomic E-state index is 11.1. The van der Waals surface area contributed by atoms with Gasteiger partial charge in [-0.15, -0.1) is 0 Å². The molecule has 0 aromatic heterocycles. The Labute approximate surface area is 851 Å². The number of rotatable bonds is 32. The van der Waals surface area contributed by atoms with Crippen molar-refractivity contribution in [2.75, 3.05) is 28.4 Å². The van der Waals surface area contributed by atoms with E-state index in [1.54, 1.807) is 28.4 Å². The molecule has 12 rings (SSSR count). The molecule has 12 aliphatic rings. The van der Waals surface area contributed by atoms with E-state index in [0.29, 0.717) is 76.9 Å². The predicted molar refractivity (Wildman–Crippen MR) is 545 cm³/mol. The highest BCUT2D eigenvalue weighted by Crippen LogP contribution is 2.51. The molecule has 60 atom stereocenters. The van der Waals surface area contributed by atoms with E-state index < -0.39 is 68.8 Å². The lowest BCUT2D eigenvalue weighted by Crippen LogP contribution is -2.59. The molecule has 0 spiro atoms. The predicted octanol–water partition coefficient (Wildman–Crippen LogP) is 22.5. The first-order chi connectivity index (χ1) is 66.3. The van der Waals surface area contributed by atoms with Gasteiger partial charge < -0.3 is 124 Å². The van der Waals surface area contributed by atoms with Crippen LogP contribution < -0.4 is 0 Å². The Bertz CT molecular complexity index is 3170. The fraction of sp³-hybridized carbons (Fsp3) is 1.00. The molecule has 0 saturated carbocycles. The second-order valence-corrected chi connectivity index (χ2v) is 46.5. The molecule has 0 radical (unpaired) electrons. The molecule has 2 N–H and O–H groups in total. The van der Waals surface area contributed by atoms with Crippen LogP contribution in [0.1, 0.15) is 340 Å². The largest absolute Gasteiger partial charge is 0.392 e. The first kappa shape index (κ1) is 122. The standard InChI is InChI=1S/2C29H54O6.2C28H52O7/c1-12-22-16(5)15(4)21(10)27(31-22)34-26-20(9)18(7)24(14-3)33-29(26)35-25-19(8)17(6)23(13-2)32-28(25)30-11;1-12-22-16(5)15(4)19(8)27(31-22)34-25-20(9)24(14-3)32-28(21(25)10)35-26-18(7)17(6)23(13-2)33-29(26)30-11;1-11-20-14(4)17(7)23(29)26(31-20)34-25-19(9)16(6)22(13-3)33-28(25)35-24-18(8)15(5)21(12-2)32-27(24)30-10;1-11-20-14(4)16(6)24(27(30-10)32-20)35-28-25(17(7)15(5)21(12-2)33-28)34-26-19(9)23(29)18(8)22(13-3)31-26/h2*15-29H,12-14H2,1-11H3;2*14-29H,11-13H2,1-10H3/t15-,16-,17-,18-,19-,20-,21?,22?,23?,24?,25?,26?,27-,28-,29+;15-,16-,17-,18-,19?,20+,21?,22?,23?,24?,25-,26?,27+,28-,29-;14-,15-,16-,17-,18-,19-,20?,21?,22?,23?,24?,25?,26+,27-,28+;14-,15-,16-,17-,18+,19?,20?,21?,22?,23-,24?,25?,26+,27-,28+/m0000/s1. The van der Waals surface area contributed by atoms with Gasteiger partial charge in [0.15, 0.2) is 75.5 Å². The summed E-state index contributed by atoms with van der Waals surface area (Å²) in [6.07, 6.45) is 4.05. The van der Waals surface area contributed by atoms with Gasteiger partial charge in [-0.05, 0) is 195 Å². The Kier molecular flexibility index (Phi) is 49.0. The highest BCUT2D eigenvalue weighted by molar-refractivity contribution is 4.99. The first-order valence-electron chi connectivity index (χ1n) is 56.9. The van der Waals surface area contributed by atoms with Crippen molar-refractivity contribution in [1.29, 1.82) is 0 Å². The van der Waals surface area contributed by atoms with Crippen LogP contribution in [0.3, 0.4) is 0 Å². The second-order valence-electron chi connectivity index (χ2n) is 46.5. The average molecular weight is 2000 g/mol. The van der Waals surface area contributed by atoms with Crippen LogP contribution >= 0.6 is 0 Å². The number of hydrogen-bond acceptors (Lipinski definition) is 26. The summed E-state index contributed by atoms with van der Waals surface area (Å²) in [5, 5.41) is 21.9. The summed E-state index contributed by atoms with van der Waals surface area (Å²) >= 11 is 0. The molecular weight excluding hydrogens is 1790 g/mol. The lowest BCUT2D eigenvalue weighted by Gasteiger charge is -2.51. The minimum absolute atomic E-state index is 0.00844. The van der Waals surface area contributed by atoms with Gasteiger partial charge in [-0.2, -0.15) is 0 Å². The van der Waals surface area contributed by atoms with Crippen molar-refractivity contribution < 1.29 is 124 Å². The summed E-state index contributed by atoms with van der Waals surface area (Å²) in [5.41, 5.74) is 0. The van der Waals surface area contributed by atoms with Crippen LogP contribution in [-0.4, -0.2) is 248 Å². The van der Waals surface area contributed by atoms with E-state index in [1.807, 2.05) is 6.92 Å². The number of aliphatic hydroxyl groups excluding tert-OH is 2. The third-order valence-corrected chi connectivity index (χ3v) is 38.9. The molecule has 140 heavy (non-hydrogen) atoms. The Balaban J connectivity index is 0.000000209. The van der Waals surface area contributed by atoms with Crippen molar-refractivity contribution in [3.05, 3.63) is 0 Å². The zero-order chi connectivity index (χ0) is 104. The summed E-state index contributed by atoms with van der Waals surface area (Å²) < 4.78 is 154. The number of ether oxygens (including phenoxy) is 24.